The van der Waals surface area contributed by atoms with E-state index in [9.17, 15) is 14.7 Å². The lowest BCUT2D eigenvalue weighted by Gasteiger charge is -2.55. The van der Waals surface area contributed by atoms with Gasteiger partial charge in [0.15, 0.2) is 0 Å². The van der Waals surface area contributed by atoms with Crippen LogP contribution in [0.5, 0.6) is 0 Å². The number of likely N-dealkylation sites (tertiary alicyclic amines) is 1. The second-order valence-corrected chi connectivity index (χ2v) is 13.3. The van der Waals surface area contributed by atoms with Crippen molar-refractivity contribution in [3.63, 3.8) is 0 Å². The van der Waals surface area contributed by atoms with Gasteiger partial charge in [-0.2, -0.15) is 5.10 Å². The number of rotatable bonds is 7. The van der Waals surface area contributed by atoms with Crippen LogP contribution in [0.15, 0.2) is 42.7 Å². The van der Waals surface area contributed by atoms with Crippen molar-refractivity contribution in [2.24, 2.45) is 36.1 Å². The van der Waals surface area contributed by atoms with Crippen LogP contribution in [0, 0.1) is 29.1 Å². The number of aryl methyl sites for hydroxylation is 1. The van der Waals surface area contributed by atoms with Crippen molar-refractivity contribution in [3.05, 3.63) is 54.0 Å². The number of hydrogen-bond acceptors (Lipinski definition) is 4. The van der Waals surface area contributed by atoms with Crippen LogP contribution < -0.4 is 5.32 Å². The van der Waals surface area contributed by atoms with E-state index in [0.717, 1.165) is 54.3 Å². The van der Waals surface area contributed by atoms with E-state index in [1.165, 1.54) is 19.3 Å². The molecule has 3 N–H and O–H groups in total. The van der Waals surface area contributed by atoms with Gasteiger partial charge in [0.2, 0.25) is 11.8 Å². The predicted molar refractivity (Wildman–Crippen MR) is 152 cm³/mol. The Bertz CT molecular complexity index is 1360. The number of H-pyrrole nitrogens is 1. The highest BCUT2D eigenvalue weighted by Crippen LogP contribution is 2.60. The first-order valence-electron chi connectivity index (χ1n) is 15.2. The molecular weight excluding hydrogens is 502 g/mol. The summed E-state index contributed by atoms with van der Waals surface area (Å²) in [5, 5.41) is 19.6. The lowest BCUT2D eigenvalue weighted by Crippen LogP contribution is -2.58. The predicted octanol–water partition coefficient (Wildman–Crippen LogP) is 4.12. The average Bonchev–Trinajstić information content (AvgIpc) is 3.57. The first-order chi connectivity index (χ1) is 19.4. The second kappa shape index (κ2) is 10.1. The molecule has 5 aliphatic rings. The van der Waals surface area contributed by atoms with Gasteiger partial charge in [-0.05, 0) is 92.7 Å². The van der Waals surface area contributed by atoms with Crippen LogP contribution >= 0.6 is 0 Å². The molecule has 4 aliphatic carbocycles. The summed E-state index contributed by atoms with van der Waals surface area (Å²) >= 11 is 0. The number of aliphatic hydroxyl groups excluding tert-OH is 1. The summed E-state index contributed by atoms with van der Waals surface area (Å²) in [7, 11) is 1.85. The first-order valence-corrected chi connectivity index (χ1v) is 15.2. The van der Waals surface area contributed by atoms with Gasteiger partial charge < -0.3 is 20.3 Å². The van der Waals surface area contributed by atoms with Crippen molar-refractivity contribution in [1.29, 1.82) is 0 Å². The minimum absolute atomic E-state index is 0.00293. The summed E-state index contributed by atoms with van der Waals surface area (Å²) < 4.78 is 1.72. The number of nitrogens with one attached hydrogen (secondary N) is 2. The van der Waals surface area contributed by atoms with Gasteiger partial charge in [0, 0.05) is 55.3 Å². The van der Waals surface area contributed by atoms with Gasteiger partial charge in [-0.3, -0.25) is 14.3 Å². The summed E-state index contributed by atoms with van der Waals surface area (Å²) in [6, 6.07) is 9.40. The molecule has 2 aromatic heterocycles. The standard InChI is InChI=1S/C32H41N5O3/c1-36-28(6-9-34-36)29(38)23-7-10-37(11-8-23)30(39)27(15-24-19-33-26-5-3-2-4-25(24)26)35-31(40)32-16-20-12-21(17-32)14-22(13-20)18-32/h2-6,9,19-23,27,29,33,38H,7-8,10-18H2,1H3,(H,35,40). The van der Waals surface area contributed by atoms with Crippen LogP contribution in [0.3, 0.4) is 0 Å². The molecule has 3 aromatic rings. The summed E-state index contributed by atoms with van der Waals surface area (Å²) in [5.41, 5.74) is 2.61. The van der Waals surface area contributed by atoms with Crippen LogP contribution in [-0.4, -0.2) is 55.7 Å². The van der Waals surface area contributed by atoms with E-state index < -0.39 is 12.1 Å². The van der Waals surface area contributed by atoms with E-state index in [1.54, 1.807) is 10.9 Å². The van der Waals surface area contributed by atoms with Crippen molar-refractivity contribution < 1.29 is 14.7 Å². The van der Waals surface area contributed by atoms with Crippen molar-refractivity contribution in [2.45, 2.75) is 69.9 Å². The van der Waals surface area contributed by atoms with Crippen LogP contribution in [0.1, 0.15) is 68.7 Å². The lowest BCUT2D eigenvalue weighted by molar-refractivity contribution is -0.150. The molecule has 0 spiro atoms. The number of para-hydroxylation sites is 1. The molecule has 1 saturated heterocycles. The van der Waals surface area contributed by atoms with Gasteiger partial charge in [-0.15, -0.1) is 0 Å². The monoisotopic (exact) mass is 543 g/mol. The molecule has 5 fully saturated rings. The Labute approximate surface area is 235 Å². The zero-order valence-corrected chi connectivity index (χ0v) is 23.4. The van der Waals surface area contributed by atoms with Crippen LogP contribution in [0.25, 0.3) is 10.9 Å². The third kappa shape index (κ3) is 4.54. The molecule has 4 bridgehead atoms. The highest BCUT2D eigenvalue weighted by molar-refractivity contribution is 5.91. The Morgan fingerprint density at radius 2 is 1.75 bits per heavy atom. The molecule has 40 heavy (non-hydrogen) atoms. The van der Waals surface area contributed by atoms with E-state index in [2.05, 4.69) is 21.5 Å². The fraction of sp³-hybridized carbons (Fsp3) is 0.594. The Hall–Kier alpha value is -3.13. The summed E-state index contributed by atoms with van der Waals surface area (Å²) in [6.07, 6.45) is 11.8. The molecular formula is C32H41N5O3. The summed E-state index contributed by atoms with van der Waals surface area (Å²) in [5.74, 6) is 2.19. The van der Waals surface area contributed by atoms with Gasteiger partial charge in [0.1, 0.15) is 6.04 Å². The minimum Gasteiger partial charge on any atom is -0.387 e. The number of carbonyl (C=O) groups is 2. The number of aromatic nitrogens is 3. The highest BCUT2D eigenvalue weighted by atomic mass is 16.3. The van der Waals surface area contributed by atoms with Crippen molar-refractivity contribution in [1.82, 2.24) is 25.0 Å². The summed E-state index contributed by atoms with van der Waals surface area (Å²) in [6.45, 7) is 1.16. The molecule has 1 aliphatic heterocycles. The lowest BCUT2D eigenvalue weighted by atomic mass is 9.49. The molecule has 1 aromatic carbocycles. The third-order valence-electron chi connectivity index (χ3n) is 10.7. The largest absolute Gasteiger partial charge is 0.387 e. The molecule has 8 heteroatoms. The SMILES string of the molecule is Cn1nccc1C(O)C1CCN(C(=O)C(Cc2c[nH]c3ccccc23)NC(=O)C23CC4CC(CC(C4)C2)C3)CC1. The van der Waals surface area contributed by atoms with Gasteiger partial charge in [-0.1, -0.05) is 18.2 Å². The number of aliphatic hydroxyl groups is 1. The normalized spacial score (nSPS) is 29.6. The Morgan fingerprint density at radius 3 is 2.40 bits per heavy atom. The number of aromatic amines is 1. The van der Waals surface area contributed by atoms with E-state index in [4.69, 9.17) is 0 Å². The van der Waals surface area contributed by atoms with E-state index in [0.29, 0.717) is 37.3 Å². The Morgan fingerprint density at radius 1 is 1.07 bits per heavy atom. The van der Waals surface area contributed by atoms with Crippen molar-refractivity contribution >= 4 is 22.7 Å². The van der Waals surface area contributed by atoms with Gasteiger partial charge in [0.25, 0.3) is 0 Å². The maximum absolute atomic E-state index is 14.1. The molecule has 2 unspecified atom stereocenters. The van der Waals surface area contributed by atoms with Crippen LogP contribution in [0.4, 0.5) is 0 Å². The summed E-state index contributed by atoms with van der Waals surface area (Å²) in [4.78, 5) is 33.4. The maximum atomic E-state index is 14.1. The van der Waals surface area contributed by atoms with E-state index >= 15 is 0 Å². The number of nitrogens with zero attached hydrogens (tertiary/aromatic N) is 3. The number of amides is 2. The molecule has 212 valence electrons. The minimum atomic E-state index is -0.599. The number of piperidine rings is 1. The number of fused-ring (bicyclic) bond motifs is 1. The van der Waals surface area contributed by atoms with Crippen LogP contribution in [0.2, 0.25) is 0 Å². The molecule has 2 atom stereocenters. The quantitative estimate of drug-likeness (QED) is 0.417. The third-order valence-corrected chi connectivity index (χ3v) is 10.7. The second-order valence-electron chi connectivity index (χ2n) is 13.3. The number of hydrogen-bond donors (Lipinski definition) is 3. The Balaban J connectivity index is 1.09. The van der Waals surface area contributed by atoms with E-state index in [-0.39, 0.29) is 23.1 Å². The van der Waals surface area contributed by atoms with Gasteiger partial charge in [-0.25, -0.2) is 0 Å². The van der Waals surface area contributed by atoms with Crippen molar-refractivity contribution in [3.8, 4) is 0 Å². The maximum Gasteiger partial charge on any atom is 0.245 e. The van der Waals surface area contributed by atoms with E-state index in [1.807, 2.05) is 42.4 Å². The Kier molecular flexibility index (Phi) is 6.49. The van der Waals surface area contributed by atoms with Gasteiger partial charge in [0.05, 0.1) is 11.8 Å². The molecule has 3 heterocycles. The zero-order valence-electron chi connectivity index (χ0n) is 23.4. The zero-order chi connectivity index (χ0) is 27.4. The van der Waals surface area contributed by atoms with Crippen LogP contribution in [-0.2, 0) is 23.1 Å². The average molecular weight is 544 g/mol. The number of carbonyl (C=O) groups excluding carboxylic acids is 2. The first kappa shape index (κ1) is 25.8. The highest BCUT2D eigenvalue weighted by Gasteiger charge is 2.55. The fourth-order valence-corrected chi connectivity index (χ4v) is 8.99. The molecule has 8 nitrogen and oxygen atoms in total. The molecule has 4 saturated carbocycles. The number of benzene rings is 1. The van der Waals surface area contributed by atoms with Crippen molar-refractivity contribution in [2.75, 3.05) is 13.1 Å². The molecule has 0 radical (unpaired) electrons. The topological polar surface area (TPSA) is 103 Å². The molecule has 8 rings (SSSR count). The molecule has 2 amide bonds. The fourth-order valence-electron chi connectivity index (χ4n) is 8.99. The van der Waals surface area contributed by atoms with Gasteiger partial charge >= 0.3 is 0 Å². The smallest absolute Gasteiger partial charge is 0.245 e.